The van der Waals surface area contributed by atoms with E-state index in [2.05, 4.69) is 19.9 Å². The SMILES string of the molecule is CCC(=O)N(O)c1ccc(C(C)C)cc1COc1ccc(C)cc1C. The van der Waals surface area contributed by atoms with Crippen molar-refractivity contribution in [2.24, 2.45) is 0 Å². The Balaban J connectivity index is 2.32. The number of rotatable bonds is 6. The molecule has 134 valence electrons. The maximum absolute atomic E-state index is 11.9. The first-order valence-corrected chi connectivity index (χ1v) is 8.68. The van der Waals surface area contributed by atoms with Crippen molar-refractivity contribution in [2.45, 2.75) is 53.6 Å². The molecule has 2 aromatic rings. The zero-order valence-corrected chi connectivity index (χ0v) is 15.7. The van der Waals surface area contributed by atoms with E-state index in [1.807, 2.05) is 38.1 Å². The molecule has 0 spiro atoms. The van der Waals surface area contributed by atoms with Gasteiger partial charge in [0.25, 0.3) is 0 Å². The summed E-state index contributed by atoms with van der Waals surface area (Å²) < 4.78 is 5.97. The standard InChI is InChI=1S/C21H27NO3/c1-6-21(23)22(24)19-9-8-17(14(2)3)12-18(19)13-25-20-10-7-15(4)11-16(20)5/h7-12,14,24H,6,13H2,1-5H3. The molecule has 0 bridgehead atoms. The van der Waals surface area contributed by atoms with E-state index in [0.717, 1.165) is 27.5 Å². The molecule has 4 heteroatoms. The Morgan fingerprint density at radius 3 is 2.48 bits per heavy atom. The molecule has 0 atom stereocenters. The number of amides is 1. The lowest BCUT2D eigenvalue weighted by Gasteiger charge is -2.20. The van der Waals surface area contributed by atoms with E-state index in [1.54, 1.807) is 13.0 Å². The van der Waals surface area contributed by atoms with Crippen LogP contribution in [0.3, 0.4) is 0 Å². The van der Waals surface area contributed by atoms with Gasteiger partial charge in [-0.3, -0.25) is 10.0 Å². The first-order chi connectivity index (χ1) is 11.8. The minimum atomic E-state index is -0.343. The molecule has 0 heterocycles. The molecule has 2 aromatic carbocycles. The lowest BCUT2D eigenvalue weighted by atomic mass is 9.99. The molecule has 0 saturated carbocycles. The second-order valence-electron chi connectivity index (χ2n) is 6.66. The molecule has 25 heavy (non-hydrogen) atoms. The van der Waals surface area contributed by atoms with E-state index in [-0.39, 0.29) is 18.9 Å². The molecular formula is C21H27NO3. The molecule has 0 fully saturated rings. The molecule has 0 aliphatic carbocycles. The van der Waals surface area contributed by atoms with Gasteiger partial charge in [0, 0.05) is 12.0 Å². The van der Waals surface area contributed by atoms with Crippen LogP contribution in [-0.4, -0.2) is 11.1 Å². The summed E-state index contributed by atoms with van der Waals surface area (Å²) in [4.78, 5) is 11.9. The third-order valence-corrected chi connectivity index (χ3v) is 4.25. The first-order valence-electron chi connectivity index (χ1n) is 8.68. The number of nitrogens with zero attached hydrogens (tertiary/aromatic N) is 1. The zero-order valence-electron chi connectivity index (χ0n) is 15.7. The van der Waals surface area contributed by atoms with E-state index in [1.165, 1.54) is 5.56 Å². The van der Waals surface area contributed by atoms with Gasteiger partial charge in [-0.25, -0.2) is 0 Å². The van der Waals surface area contributed by atoms with Gasteiger partial charge >= 0.3 is 0 Å². The number of anilines is 1. The predicted octanol–water partition coefficient (Wildman–Crippen LogP) is 5.14. The van der Waals surface area contributed by atoms with Gasteiger partial charge < -0.3 is 4.74 Å². The van der Waals surface area contributed by atoms with Crippen LogP contribution in [0, 0.1) is 13.8 Å². The number of ether oxygens (including phenoxy) is 1. The van der Waals surface area contributed by atoms with E-state index >= 15 is 0 Å². The summed E-state index contributed by atoms with van der Waals surface area (Å²) in [6.07, 6.45) is 0.236. The van der Waals surface area contributed by atoms with E-state index < -0.39 is 0 Å². The number of carbonyl (C=O) groups excluding carboxylic acids is 1. The smallest absolute Gasteiger partial charge is 0.250 e. The third-order valence-electron chi connectivity index (χ3n) is 4.25. The summed E-state index contributed by atoms with van der Waals surface area (Å²) in [5.41, 5.74) is 4.64. The Hall–Kier alpha value is -2.33. The van der Waals surface area contributed by atoms with Gasteiger partial charge in [-0.05, 0) is 49.1 Å². The van der Waals surface area contributed by atoms with Crippen LogP contribution in [0.5, 0.6) is 5.75 Å². The molecule has 0 aliphatic rings. The molecule has 0 aliphatic heterocycles. The van der Waals surface area contributed by atoms with Gasteiger partial charge in [0.2, 0.25) is 5.91 Å². The Morgan fingerprint density at radius 1 is 1.16 bits per heavy atom. The minimum absolute atomic E-state index is 0.236. The molecule has 0 saturated heterocycles. The summed E-state index contributed by atoms with van der Waals surface area (Å²) in [6, 6.07) is 11.7. The largest absolute Gasteiger partial charge is 0.489 e. The van der Waals surface area contributed by atoms with E-state index in [0.29, 0.717) is 11.6 Å². The highest BCUT2D eigenvalue weighted by Crippen LogP contribution is 2.28. The number of benzene rings is 2. The molecule has 0 aromatic heterocycles. The normalized spacial score (nSPS) is 10.8. The first kappa shape index (κ1) is 19.0. The lowest BCUT2D eigenvalue weighted by molar-refractivity contribution is -0.123. The molecular weight excluding hydrogens is 314 g/mol. The highest BCUT2D eigenvalue weighted by molar-refractivity contribution is 5.91. The van der Waals surface area contributed by atoms with Crippen LogP contribution in [-0.2, 0) is 11.4 Å². The molecule has 0 unspecified atom stereocenters. The summed E-state index contributed by atoms with van der Waals surface area (Å²) in [6.45, 7) is 10.3. The Morgan fingerprint density at radius 2 is 1.88 bits per heavy atom. The number of aryl methyl sites for hydroxylation is 2. The minimum Gasteiger partial charge on any atom is -0.489 e. The van der Waals surface area contributed by atoms with Crippen molar-refractivity contribution < 1.29 is 14.7 Å². The average Bonchev–Trinajstić information content (AvgIpc) is 2.59. The zero-order chi connectivity index (χ0) is 18.6. The van der Waals surface area contributed by atoms with Gasteiger partial charge in [0.05, 0.1) is 5.69 Å². The van der Waals surface area contributed by atoms with Crippen molar-refractivity contribution in [1.29, 1.82) is 0 Å². The van der Waals surface area contributed by atoms with Crippen LogP contribution in [0.1, 0.15) is 55.4 Å². The molecule has 1 amide bonds. The van der Waals surface area contributed by atoms with Gasteiger partial charge in [-0.15, -0.1) is 0 Å². The van der Waals surface area contributed by atoms with Crippen molar-refractivity contribution in [2.75, 3.05) is 5.06 Å². The topological polar surface area (TPSA) is 49.8 Å². The van der Waals surface area contributed by atoms with Crippen molar-refractivity contribution in [3.63, 3.8) is 0 Å². The predicted molar refractivity (Wildman–Crippen MR) is 100 cm³/mol. The van der Waals surface area contributed by atoms with Crippen LogP contribution in [0.15, 0.2) is 36.4 Å². The van der Waals surface area contributed by atoms with Crippen LogP contribution in [0.25, 0.3) is 0 Å². The maximum atomic E-state index is 11.9. The van der Waals surface area contributed by atoms with Crippen LogP contribution in [0.2, 0.25) is 0 Å². The van der Waals surface area contributed by atoms with Crippen LogP contribution >= 0.6 is 0 Å². The van der Waals surface area contributed by atoms with Gasteiger partial charge in [-0.1, -0.05) is 44.5 Å². The van der Waals surface area contributed by atoms with Gasteiger partial charge in [0.15, 0.2) is 0 Å². The monoisotopic (exact) mass is 341 g/mol. The van der Waals surface area contributed by atoms with Gasteiger partial charge in [0.1, 0.15) is 12.4 Å². The number of hydrogen-bond donors (Lipinski definition) is 1. The molecule has 0 radical (unpaired) electrons. The number of hydroxylamine groups is 1. The fourth-order valence-electron chi connectivity index (χ4n) is 2.69. The van der Waals surface area contributed by atoms with Crippen molar-refractivity contribution in [1.82, 2.24) is 0 Å². The second-order valence-corrected chi connectivity index (χ2v) is 6.66. The van der Waals surface area contributed by atoms with Crippen molar-refractivity contribution in [3.05, 3.63) is 58.7 Å². The van der Waals surface area contributed by atoms with Gasteiger partial charge in [-0.2, -0.15) is 5.06 Å². The third kappa shape index (κ3) is 4.60. The highest BCUT2D eigenvalue weighted by atomic mass is 16.5. The number of carbonyl (C=O) groups is 1. The van der Waals surface area contributed by atoms with Crippen molar-refractivity contribution >= 4 is 11.6 Å². The molecule has 2 rings (SSSR count). The van der Waals surface area contributed by atoms with E-state index in [4.69, 9.17) is 4.74 Å². The highest BCUT2D eigenvalue weighted by Gasteiger charge is 2.17. The molecule has 1 N–H and O–H groups in total. The summed E-state index contributed by atoms with van der Waals surface area (Å²) in [5.74, 6) is 0.811. The summed E-state index contributed by atoms with van der Waals surface area (Å²) in [7, 11) is 0. The Kier molecular flexibility index (Phi) is 6.21. The second kappa shape index (κ2) is 8.17. The lowest BCUT2D eigenvalue weighted by Crippen LogP contribution is -2.27. The maximum Gasteiger partial charge on any atom is 0.250 e. The van der Waals surface area contributed by atoms with E-state index in [9.17, 15) is 10.0 Å². The summed E-state index contributed by atoms with van der Waals surface area (Å²) in [5, 5.41) is 10.9. The van der Waals surface area contributed by atoms with Crippen LogP contribution < -0.4 is 9.80 Å². The van der Waals surface area contributed by atoms with Crippen LogP contribution in [0.4, 0.5) is 5.69 Å². The Labute approximate surface area is 150 Å². The fourth-order valence-corrected chi connectivity index (χ4v) is 2.69. The number of hydrogen-bond acceptors (Lipinski definition) is 3. The van der Waals surface area contributed by atoms with Crippen molar-refractivity contribution in [3.8, 4) is 5.75 Å². The molecule has 4 nitrogen and oxygen atoms in total. The quantitative estimate of drug-likeness (QED) is 0.585. The Bertz CT molecular complexity index is 753. The average molecular weight is 341 g/mol. The fraction of sp³-hybridized carbons (Fsp3) is 0.381. The summed E-state index contributed by atoms with van der Waals surface area (Å²) >= 11 is 0.